The van der Waals surface area contributed by atoms with Crippen molar-refractivity contribution < 1.29 is 39.5 Å². The van der Waals surface area contributed by atoms with E-state index >= 15 is 0 Å². The molecule has 5 N–H and O–H groups in total. The number of benzene rings is 3. The van der Waals surface area contributed by atoms with Crippen LogP contribution in [0.1, 0.15) is 36.5 Å². The second-order valence-corrected chi connectivity index (χ2v) is 8.17. The van der Waals surface area contributed by atoms with Gasteiger partial charge in [0.1, 0.15) is 5.60 Å². The van der Waals surface area contributed by atoms with Crippen LogP contribution in [-0.4, -0.2) is 50.5 Å². The van der Waals surface area contributed by atoms with Crippen LogP contribution in [0.2, 0.25) is 0 Å². The summed E-state index contributed by atoms with van der Waals surface area (Å²) in [6.45, 7) is 2.69. The van der Waals surface area contributed by atoms with Gasteiger partial charge < -0.3 is 30.5 Å². The van der Waals surface area contributed by atoms with Gasteiger partial charge >= 0.3 is 17.9 Å². The van der Waals surface area contributed by atoms with Crippen LogP contribution in [-0.2, 0) is 24.7 Å². The average Bonchev–Trinajstić information content (AvgIpc) is 2.84. The summed E-state index contributed by atoms with van der Waals surface area (Å²) in [6, 6.07) is 27.3. The number of para-hydroxylation sites is 2. The number of ether oxygens (including phenoxy) is 1. The number of carboxylic acids is 3. The maximum atomic E-state index is 10.3. The van der Waals surface area contributed by atoms with E-state index in [9.17, 15) is 14.4 Å². The Morgan fingerprint density at radius 2 is 1.22 bits per heavy atom. The molecule has 0 saturated carbocycles. The molecule has 0 unspecified atom stereocenters. The van der Waals surface area contributed by atoms with Crippen LogP contribution in [0.5, 0.6) is 0 Å². The summed E-state index contributed by atoms with van der Waals surface area (Å²) in [7, 11) is 0. The fourth-order valence-corrected chi connectivity index (χ4v) is 4.24. The number of nitrogens with one attached hydrogen (secondary N) is 1. The number of anilines is 2. The van der Waals surface area contributed by atoms with E-state index in [4.69, 9.17) is 25.2 Å². The van der Waals surface area contributed by atoms with E-state index in [2.05, 4.69) is 85.0 Å². The Bertz CT molecular complexity index is 1180. The van der Waals surface area contributed by atoms with Crippen LogP contribution in [0.15, 0.2) is 78.9 Å². The molecule has 1 aliphatic heterocycles. The van der Waals surface area contributed by atoms with Gasteiger partial charge in [-0.1, -0.05) is 66.7 Å². The second-order valence-electron chi connectivity index (χ2n) is 8.17. The highest BCUT2D eigenvalue weighted by Crippen LogP contribution is 2.50. The summed E-state index contributed by atoms with van der Waals surface area (Å²) in [6.07, 6.45) is -2.29. The lowest BCUT2D eigenvalue weighted by atomic mass is 9.76. The Kier molecular flexibility index (Phi) is 8.08. The van der Waals surface area contributed by atoms with Crippen LogP contribution in [0.3, 0.4) is 0 Å². The van der Waals surface area contributed by atoms with Crippen LogP contribution in [0.25, 0.3) is 0 Å². The molecule has 9 nitrogen and oxygen atoms in total. The molecular formula is C27H27NO8. The lowest BCUT2D eigenvalue weighted by Gasteiger charge is -2.41. The SMILES string of the molecule is CCOC1(c2ccccc2)c2ccccc2Nc2ccccc21.O=C(O)CC(O)(CC(=O)O)C(=O)O. The smallest absolute Gasteiger partial charge is 0.336 e. The maximum Gasteiger partial charge on any atom is 0.336 e. The first kappa shape index (κ1) is 26.4. The number of aliphatic hydroxyl groups is 1. The lowest BCUT2D eigenvalue weighted by Crippen LogP contribution is -2.42. The quantitative estimate of drug-likeness (QED) is 0.315. The van der Waals surface area contributed by atoms with Gasteiger partial charge in [-0.25, -0.2) is 4.79 Å². The van der Waals surface area contributed by atoms with Gasteiger partial charge in [-0.15, -0.1) is 0 Å². The molecule has 36 heavy (non-hydrogen) atoms. The van der Waals surface area contributed by atoms with Crippen LogP contribution in [0.4, 0.5) is 11.4 Å². The normalized spacial score (nSPS) is 13.2. The van der Waals surface area contributed by atoms with E-state index in [0.29, 0.717) is 6.61 Å². The Morgan fingerprint density at radius 1 is 0.778 bits per heavy atom. The Hall–Kier alpha value is -4.21. The largest absolute Gasteiger partial charge is 0.481 e. The fraction of sp³-hybridized carbons (Fsp3) is 0.222. The van der Waals surface area contributed by atoms with Crippen molar-refractivity contribution in [1.82, 2.24) is 0 Å². The van der Waals surface area contributed by atoms with Crippen molar-refractivity contribution in [2.45, 2.75) is 31.0 Å². The summed E-state index contributed by atoms with van der Waals surface area (Å²) >= 11 is 0. The summed E-state index contributed by atoms with van der Waals surface area (Å²) < 4.78 is 6.47. The van der Waals surface area contributed by atoms with E-state index in [0.717, 1.165) is 28.1 Å². The molecule has 3 aromatic carbocycles. The molecule has 0 saturated heterocycles. The average molecular weight is 494 g/mol. The summed E-state index contributed by atoms with van der Waals surface area (Å²) in [5, 5.41) is 37.4. The molecule has 9 heteroatoms. The molecule has 0 amide bonds. The summed E-state index contributed by atoms with van der Waals surface area (Å²) in [5.41, 5.74) is 2.36. The molecule has 4 rings (SSSR count). The molecular weight excluding hydrogens is 466 g/mol. The number of rotatable bonds is 8. The topological polar surface area (TPSA) is 153 Å². The number of carbonyl (C=O) groups is 3. The molecule has 3 aromatic rings. The van der Waals surface area contributed by atoms with Crippen LogP contribution >= 0.6 is 0 Å². The van der Waals surface area contributed by atoms with Gasteiger partial charge in [0.2, 0.25) is 0 Å². The zero-order valence-corrected chi connectivity index (χ0v) is 19.5. The van der Waals surface area contributed by atoms with Crippen molar-refractivity contribution in [1.29, 1.82) is 0 Å². The Balaban J connectivity index is 0.000000240. The molecule has 0 spiro atoms. The van der Waals surface area contributed by atoms with Gasteiger partial charge in [0.05, 0.1) is 12.8 Å². The maximum absolute atomic E-state index is 10.3. The first-order valence-corrected chi connectivity index (χ1v) is 11.2. The minimum Gasteiger partial charge on any atom is -0.481 e. The van der Waals surface area contributed by atoms with Crippen molar-refractivity contribution in [2.75, 3.05) is 11.9 Å². The van der Waals surface area contributed by atoms with Crippen molar-refractivity contribution in [3.8, 4) is 0 Å². The molecule has 0 radical (unpaired) electrons. The van der Waals surface area contributed by atoms with Crippen molar-refractivity contribution in [2.24, 2.45) is 0 Å². The molecule has 0 aliphatic carbocycles. The highest BCUT2D eigenvalue weighted by molar-refractivity contribution is 5.88. The van der Waals surface area contributed by atoms with Crippen molar-refractivity contribution in [3.63, 3.8) is 0 Å². The van der Waals surface area contributed by atoms with Gasteiger partial charge in [-0.2, -0.15) is 0 Å². The van der Waals surface area contributed by atoms with Gasteiger partial charge in [0.15, 0.2) is 5.60 Å². The number of hydrogen-bond donors (Lipinski definition) is 5. The molecule has 0 aromatic heterocycles. The van der Waals surface area contributed by atoms with Crippen LogP contribution in [0, 0.1) is 0 Å². The van der Waals surface area contributed by atoms with Gasteiger partial charge in [-0.3, -0.25) is 9.59 Å². The molecule has 188 valence electrons. The number of hydrogen-bond acceptors (Lipinski definition) is 6. The zero-order chi connectivity index (χ0) is 26.3. The van der Waals surface area contributed by atoms with Gasteiger partial charge in [0.25, 0.3) is 0 Å². The second kappa shape index (κ2) is 11.0. The highest BCUT2D eigenvalue weighted by Gasteiger charge is 2.43. The first-order chi connectivity index (χ1) is 17.1. The Labute approximate surface area is 207 Å². The van der Waals surface area contributed by atoms with E-state index in [1.54, 1.807) is 0 Å². The lowest BCUT2D eigenvalue weighted by molar-refractivity contribution is -0.170. The predicted molar refractivity (Wildman–Crippen MR) is 131 cm³/mol. The first-order valence-electron chi connectivity index (χ1n) is 11.2. The fourth-order valence-electron chi connectivity index (χ4n) is 4.24. The monoisotopic (exact) mass is 493 g/mol. The predicted octanol–water partition coefficient (Wildman–Crippen LogP) is 3.82. The number of carboxylic acid groups (broad SMARTS) is 3. The van der Waals surface area contributed by atoms with E-state index in [-0.39, 0.29) is 0 Å². The van der Waals surface area contributed by atoms with Crippen LogP contribution < -0.4 is 5.32 Å². The molecule has 0 fully saturated rings. The van der Waals surface area contributed by atoms with Gasteiger partial charge in [0, 0.05) is 29.1 Å². The molecule has 0 atom stereocenters. The summed E-state index contributed by atoms with van der Waals surface area (Å²) in [5.74, 6) is -5.02. The van der Waals surface area contributed by atoms with Crippen molar-refractivity contribution >= 4 is 29.3 Å². The van der Waals surface area contributed by atoms with E-state index < -0.39 is 42.0 Å². The standard InChI is InChI=1S/C21H19NO.C6H8O7/c1-2-23-21(16-10-4-3-5-11-16)17-12-6-8-14-19(17)22-20-15-9-7-13-18(20)21;7-3(8)1-6(13,5(11)12)2-4(9)10/h3-15,22H,2H2,1H3;13H,1-2H2,(H,7,8)(H,9,10)(H,11,12). The number of aliphatic carboxylic acids is 3. The third kappa shape index (κ3) is 5.37. The third-order valence-corrected chi connectivity index (χ3v) is 5.71. The van der Waals surface area contributed by atoms with E-state index in [1.807, 2.05) is 6.07 Å². The molecule has 1 heterocycles. The number of fused-ring (bicyclic) bond motifs is 2. The molecule has 0 bridgehead atoms. The minimum atomic E-state index is -2.74. The Morgan fingerprint density at radius 3 is 1.64 bits per heavy atom. The highest BCUT2D eigenvalue weighted by atomic mass is 16.5. The van der Waals surface area contributed by atoms with E-state index in [1.165, 1.54) is 0 Å². The molecule has 1 aliphatic rings. The zero-order valence-electron chi connectivity index (χ0n) is 19.5. The minimum absolute atomic E-state index is 0.575. The third-order valence-electron chi connectivity index (χ3n) is 5.71. The van der Waals surface area contributed by atoms with Gasteiger partial charge in [-0.05, 0) is 24.6 Å². The summed E-state index contributed by atoms with van der Waals surface area (Å²) in [4.78, 5) is 30.5. The van der Waals surface area contributed by atoms with Crippen molar-refractivity contribution in [3.05, 3.63) is 95.6 Å².